The van der Waals surface area contributed by atoms with Gasteiger partial charge in [0.25, 0.3) is 0 Å². The lowest BCUT2D eigenvalue weighted by molar-refractivity contribution is 1.03. The predicted molar refractivity (Wildman–Crippen MR) is 65.2 cm³/mol. The Morgan fingerprint density at radius 2 is 2.06 bits per heavy atom. The Bertz CT molecular complexity index is 539. The average Bonchev–Trinajstić information content (AvgIpc) is 2.73. The molecule has 0 radical (unpaired) electrons. The molecule has 0 aliphatic carbocycles. The van der Waals surface area contributed by atoms with E-state index in [1.807, 2.05) is 12.1 Å². The number of nitrogens with zero attached hydrogens (tertiary/aromatic N) is 2. The summed E-state index contributed by atoms with van der Waals surface area (Å²) < 4.78 is 0. The molecule has 80 valence electrons. The standard InChI is InChI=1S/C11H8ClN3S/c12-8-3-1-7(2-4-8)11-9(5-13)15-10(6-14)16-11/h1-4H,6,14H2. The molecule has 0 spiro atoms. The zero-order chi connectivity index (χ0) is 11.5. The van der Waals surface area contributed by atoms with Gasteiger partial charge in [0.15, 0.2) is 5.69 Å². The van der Waals surface area contributed by atoms with Crippen LogP contribution in [0.15, 0.2) is 24.3 Å². The first-order valence-electron chi connectivity index (χ1n) is 4.60. The van der Waals surface area contributed by atoms with Crippen molar-refractivity contribution in [2.24, 2.45) is 5.73 Å². The van der Waals surface area contributed by atoms with Crippen LogP contribution in [0, 0.1) is 11.3 Å². The van der Waals surface area contributed by atoms with Gasteiger partial charge in [-0.25, -0.2) is 4.98 Å². The molecule has 0 fully saturated rings. The molecule has 3 nitrogen and oxygen atoms in total. The van der Waals surface area contributed by atoms with Crippen molar-refractivity contribution in [3.8, 4) is 16.5 Å². The van der Waals surface area contributed by atoms with Crippen molar-refractivity contribution in [2.45, 2.75) is 6.54 Å². The van der Waals surface area contributed by atoms with Crippen LogP contribution < -0.4 is 5.73 Å². The molecule has 0 atom stereocenters. The van der Waals surface area contributed by atoms with Crippen LogP contribution in [-0.2, 0) is 6.54 Å². The fourth-order valence-electron chi connectivity index (χ4n) is 1.32. The van der Waals surface area contributed by atoms with Crippen molar-refractivity contribution in [1.29, 1.82) is 5.26 Å². The molecule has 0 bridgehead atoms. The summed E-state index contributed by atoms with van der Waals surface area (Å²) in [5.41, 5.74) is 6.87. The summed E-state index contributed by atoms with van der Waals surface area (Å²) in [7, 11) is 0. The Kier molecular flexibility index (Phi) is 3.20. The highest BCUT2D eigenvalue weighted by atomic mass is 35.5. The van der Waals surface area contributed by atoms with Gasteiger partial charge in [-0.2, -0.15) is 5.26 Å². The minimum atomic E-state index is 0.354. The molecule has 0 unspecified atom stereocenters. The van der Waals surface area contributed by atoms with Crippen molar-refractivity contribution in [2.75, 3.05) is 0 Å². The Hall–Kier alpha value is -1.41. The summed E-state index contributed by atoms with van der Waals surface area (Å²) in [6.07, 6.45) is 0. The Morgan fingerprint density at radius 1 is 1.38 bits per heavy atom. The molecule has 2 rings (SSSR count). The molecule has 5 heteroatoms. The Labute approximate surface area is 102 Å². The van der Waals surface area contributed by atoms with Crippen molar-refractivity contribution in [3.05, 3.63) is 40.0 Å². The number of halogens is 1. The number of nitriles is 1. The zero-order valence-corrected chi connectivity index (χ0v) is 9.85. The monoisotopic (exact) mass is 249 g/mol. The Morgan fingerprint density at radius 3 is 2.62 bits per heavy atom. The van der Waals surface area contributed by atoms with Gasteiger partial charge < -0.3 is 5.73 Å². The predicted octanol–water partition coefficient (Wildman–Crippen LogP) is 2.79. The number of hydrogen-bond donors (Lipinski definition) is 1. The van der Waals surface area contributed by atoms with Gasteiger partial charge in [0.2, 0.25) is 0 Å². The van der Waals surface area contributed by atoms with Crippen molar-refractivity contribution >= 4 is 22.9 Å². The normalized spacial score (nSPS) is 10.1. The molecule has 1 aromatic heterocycles. The number of benzene rings is 1. The molecule has 0 saturated carbocycles. The molecule has 0 aliphatic heterocycles. The summed E-state index contributed by atoms with van der Waals surface area (Å²) in [4.78, 5) is 4.99. The van der Waals surface area contributed by atoms with E-state index in [0.29, 0.717) is 17.3 Å². The van der Waals surface area contributed by atoms with Gasteiger partial charge >= 0.3 is 0 Å². The van der Waals surface area contributed by atoms with E-state index < -0.39 is 0 Å². The second-order valence-electron chi connectivity index (χ2n) is 3.11. The number of nitrogens with two attached hydrogens (primary N) is 1. The molecular formula is C11H8ClN3S. The van der Waals surface area contributed by atoms with E-state index in [2.05, 4.69) is 11.1 Å². The number of rotatable bonds is 2. The number of aromatic nitrogens is 1. The lowest BCUT2D eigenvalue weighted by Gasteiger charge is -1.96. The Balaban J connectivity index is 2.51. The van der Waals surface area contributed by atoms with Gasteiger partial charge in [-0.05, 0) is 17.7 Å². The van der Waals surface area contributed by atoms with Gasteiger partial charge in [0, 0.05) is 11.6 Å². The summed E-state index contributed by atoms with van der Waals surface area (Å²) in [5, 5.41) is 10.4. The fourth-order valence-corrected chi connectivity index (χ4v) is 2.35. The second-order valence-corrected chi connectivity index (χ2v) is 4.63. The van der Waals surface area contributed by atoms with Crippen molar-refractivity contribution in [1.82, 2.24) is 4.98 Å². The average molecular weight is 250 g/mol. The van der Waals surface area contributed by atoms with E-state index >= 15 is 0 Å². The number of thiazole rings is 1. The summed E-state index contributed by atoms with van der Waals surface area (Å²) in [6.45, 7) is 0.354. The van der Waals surface area contributed by atoms with Gasteiger partial charge in [-0.1, -0.05) is 23.7 Å². The van der Waals surface area contributed by atoms with Crippen molar-refractivity contribution < 1.29 is 0 Å². The van der Waals surface area contributed by atoms with Crippen LogP contribution in [0.2, 0.25) is 5.02 Å². The SMILES string of the molecule is N#Cc1nc(CN)sc1-c1ccc(Cl)cc1. The topological polar surface area (TPSA) is 62.7 Å². The summed E-state index contributed by atoms with van der Waals surface area (Å²) in [6, 6.07) is 9.40. The molecule has 0 saturated heterocycles. The van der Waals surface area contributed by atoms with E-state index in [1.165, 1.54) is 11.3 Å². The third-order valence-corrected chi connectivity index (χ3v) is 3.44. The lowest BCUT2D eigenvalue weighted by Crippen LogP contribution is -1.94. The van der Waals surface area contributed by atoms with Crippen LogP contribution in [0.25, 0.3) is 10.4 Å². The van der Waals surface area contributed by atoms with Crippen LogP contribution >= 0.6 is 22.9 Å². The van der Waals surface area contributed by atoms with Crippen molar-refractivity contribution in [3.63, 3.8) is 0 Å². The minimum absolute atomic E-state index is 0.354. The first-order valence-corrected chi connectivity index (χ1v) is 5.80. The molecule has 2 aromatic rings. The van der Waals surface area contributed by atoms with Crippen LogP contribution in [0.1, 0.15) is 10.7 Å². The molecule has 1 aromatic carbocycles. The first kappa shape index (κ1) is 11.1. The molecule has 0 aliphatic rings. The highest BCUT2D eigenvalue weighted by molar-refractivity contribution is 7.15. The van der Waals surface area contributed by atoms with E-state index in [0.717, 1.165) is 15.4 Å². The fraction of sp³-hybridized carbons (Fsp3) is 0.0909. The van der Waals surface area contributed by atoms with E-state index in [4.69, 9.17) is 22.6 Å². The third-order valence-electron chi connectivity index (χ3n) is 2.06. The van der Waals surface area contributed by atoms with Crippen LogP contribution in [0.3, 0.4) is 0 Å². The van der Waals surface area contributed by atoms with Crippen LogP contribution in [0.5, 0.6) is 0 Å². The minimum Gasteiger partial charge on any atom is -0.325 e. The summed E-state index contributed by atoms with van der Waals surface area (Å²) >= 11 is 7.25. The molecular weight excluding hydrogens is 242 g/mol. The van der Waals surface area contributed by atoms with E-state index in [-0.39, 0.29) is 0 Å². The van der Waals surface area contributed by atoms with Gasteiger partial charge in [-0.3, -0.25) is 0 Å². The smallest absolute Gasteiger partial charge is 0.159 e. The molecule has 1 heterocycles. The maximum atomic E-state index is 8.97. The second kappa shape index (κ2) is 4.62. The lowest BCUT2D eigenvalue weighted by atomic mass is 10.2. The maximum absolute atomic E-state index is 8.97. The molecule has 0 amide bonds. The highest BCUT2D eigenvalue weighted by Gasteiger charge is 2.11. The zero-order valence-electron chi connectivity index (χ0n) is 8.27. The third kappa shape index (κ3) is 2.07. The quantitative estimate of drug-likeness (QED) is 0.890. The largest absolute Gasteiger partial charge is 0.325 e. The highest BCUT2D eigenvalue weighted by Crippen LogP contribution is 2.30. The maximum Gasteiger partial charge on any atom is 0.159 e. The van der Waals surface area contributed by atoms with E-state index in [1.54, 1.807) is 12.1 Å². The van der Waals surface area contributed by atoms with Crippen LogP contribution in [0.4, 0.5) is 0 Å². The van der Waals surface area contributed by atoms with Gasteiger partial charge in [0.05, 0.1) is 4.88 Å². The van der Waals surface area contributed by atoms with Gasteiger partial charge in [0.1, 0.15) is 11.1 Å². The number of hydrogen-bond acceptors (Lipinski definition) is 4. The molecule has 16 heavy (non-hydrogen) atoms. The summed E-state index contributed by atoms with van der Waals surface area (Å²) in [5.74, 6) is 0. The van der Waals surface area contributed by atoms with Crippen LogP contribution in [-0.4, -0.2) is 4.98 Å². The van der Waals surface area contributed by atoms with E-state index in [9.17, 15) is 0 Å². The van der Waals surface area contributed by atoms with Gasteiger partial charge in [-0.15, -0.1) is 11.3 Å². The molecule has 2 N–H and O–H groups in total. The first-order chi connectivity index (χ1) is 7.74.